The molecule has 3 aromatic rings. The van der Waals surface area contributed by atoms with E-state index in [2.05, 4.69) is 0 Å². The van der Waals surface area contributed by atoms with Crippen molar-refractivity contribution in [2.75, 3.05) is 12.0 Å². The fourth-order valence-corrected chi connectivity index (χ4v) is 4.24. The van der Waals surface area contributed by atoms with Crippen molar-refractivity contribution in [2.45, 2.75) is 13.0 Å². The average Bonchev–Trinajstić information content (AvgIpc) is 3.06. The van der Waals surface area contributed by atoms with Gasteiger partial charge in [0.1, 0.15) is 11.5 Å². The zero-order valence-electron chi connectivity index (χ0n) is 17.3. The molecule has 0 aromatic heterocycles. The summed E-state index contributed by atoms with van der Waals surface area (Å²) in [5, 5.41) is 12.1. The first kappa shape index (κ1) is 21.9. The Morgan fingerprint density at radius 2 is 1.72 bits per heavy atom. The fourth-order valence-electron chi connectivity index (χ4n) is 3.90. The summed E-state index contributed by atoms with van der Waals surface area (Å²) in [7, 11) is 1.45. The van der Waals surface area contributed by atoms with Crippen molar-refractivity contribution in [3.05, 3.63) is 99.0 Å². The van der Waals surface area contributed by atoms with E-state index in [1.165, 1.54) is 18.1 Å². The molecule has 1 atom stereocenters. The monoisotopic (exact) mass is 467 g/mol. The predicted molar refractivity (Wildman–Crippen MR) is 125 cm³/mol. The van der Waals surface area contributed by atoms with Crippen LogP contribution in [0.1, 0.15) is 22.7 Å². The number of benzene rings is 3. The Hall–Kier alpha value is -3.28. The number of carbonyl (C=O) groups is 2. The number of aliphatic hydroxyl groups excluding tert-OH is 1. The normalized spacial score (nSPS) is 17.6. The van der Waals surface area contributed by atoms with Gasteiger partial charge in [0, 0.05) is 15.7 Å². The molecule has 32 heavy (non-hydrogen) atoms. The maximum absolute atomic E-state index is 13.3. The van der Waals surface area contributed by atoms with Crippen molar-refractivity contribution in [1.29, 1.82) is 0 Å². The van der Waals surface area contributed by atoms with Gasteiger partial charge < -0.3 is 9.84 Å². The first-order valence-corrected chi connectivity index (χ1v) is 10.6. The van der Waals surface area contributed by atoms with Gasteiger partial charge in [0.2, 0.25) is 0 Å². The quantitative estimate of drug-likeness (QED) is 0.293. The summed E-state index contributed by atoms with van der Waals surface area (Å²) in [6, 6.07) is 18.0. The van der Waals surface area contributed by atoms with Crippen LogP contribution in [0.5, 0.6) is 5.75 Å². The Kier molecular flexibility index (Phi) is 5.96. The maximum Gasteiger partial charge on any atom is 0.300 e. The molecule has 1 aliphatic rings. The topological polar surface area (TPSA) is 66.8 Å². The molecule has 1 fully saturated rings. The van der Waals surface area contributed by atoms with Crippen molar-refractivity contribution in [3.8, 4) is 5.75 Å². The van der Waals surface area contributed by atoms with Gasteiger partial charge in [0.05, 0.1) is 24.3 Å². The number of hydrogen-bond acceptors (Lipinski definition) is 4. The van der Waals surface area contributed by atoms with Gasteiger partial charge in [-0.15, -0.1) is 0 Å². The smallest absolute Gasteiger partial charge is 0.300 e. The number of anilines is 1. The zero-order chi connectivity index (χ0) is 23.0. The second-order valence-electron chi connectivity index (χ2n) is 7.31. The minimum absolute atomic E-state index is 0.0545. The average molecular weight is 468 g/mol. The number of aliphatic hydroxyl groups is 1. The molecule has 0 aliphatic carbocycles. The lowest BCUT2D eigenvalue weighted by molar-refractivity contribution is -0.132. The van der Waals surface area contributed by atoms with Crippen LogP contribution in [0.4, 0.5) is 5.69 Å². The van der Waals surface area contributed by atoms with Gasteiger partial charge in [-0.05, 0) is 48.4 Å². The number of Topliss-reactive ketones (excluding diaryl/α,β-unsaturated/α-hetero) is 1. The highest BCUT2D eigenvalue weighted by Crippen LogP contribution is 2.45. The lowest BCUT2D eigenvalue weighted by Gasteiger charge is -2.27. The molecule has 1 unspecified atom stereocenters. The number of methoxy groups -OCH3 is 1. The maximum atomic E-state index is 13.3. The second-order valence-corrected chi connectivity index (χ2v) is 8.15. The third kappa shape index (κ3) is 3.64. The van der Waals surface area contributed by atoms with Crippen LogP contribution in [-0.4, -0.2) is 23.9 Å². The standard InChI is InChI=1S/C25H19Cl2NO4/c1-14-18(27)9-6-10-19(14)28-22(15-7-4-3-5-8-15)21(24(30)25(28)31)23(29)17-13-16(26)11-12-20(17)32-2/h3-13,22,29H,1-2H3/b23-21+. The van der Waals surface area contributed by atoms with E-state index in [4.69, 9.17) is 27.9 Å². The third-order valence-corrected chi connectivity index (χ3v) is 6.12. The summed E-state index contributed by atoms with van der Waals surface area (Å²) in [5.41, 5.74) is 1.97. The number of amides is 1. The lowest BCUT2D eigenvalue weighted by Crippen LogP contribution is -2.30. The highest BCUT2D eigenvalue weighted by molar-refractivity contribution is 6.52. The van der Waals surface area contributed by atoms with Crippen molar-refractivity contribution < 1.29 is 19.4 Å². The van der Waals surface area contributed by atoms with Crippen LogP contribution in [0, 0.1) is 6.92 Å². The van der Waals surface area contributed by atoms with E-state index < -0.39 is 17.7 Å². The molecule has 1 N–H and O–H groups in total. The summed E-state index contributed by atoms with van der Waals surface area (Å²) < 4.78 is 5.35. The van der Waals surface area contributed by atoms with Crippen LogP contribution in [0.3, 0.4) is 0 Å². The van der Waals surface area contributed by atoms with Gasteiger partial charge >= 0.3 is 0 Å². The van der Waals surface area contributed by atoms with Crippen molar-refractivity contribution in [3.63, 3.8) is 0 Å². The van der Waals surface area contributed by atoms with Crippen molar-refractivity contribution in [1.82, 2.24) is 0 Å². The van der Waals surface area contributed by atoms with Crippen LogP contribution in [0.15, 0.2) is 72.3 Å². The van der Waals surface area contributed by atoms with Gasteiger partial charge in [-0.2, -0.15) is 0 Å². The molecule has 0 saturated carbocycles. The summed E-state index contributed by atoms with van der Waals surface area (Å²) in [6.07, 6.45) is 0. The van der Waals surface area contributed by atoms with E-state index in [0.717, 1.165) is 0 Å². The number of hydrogen-bond donors (Lipinski definition) is 1. The lowest BCUT2D eigenvalue weighted by atomic mass is 9.94. The van der Waals surface area contributed by atoms with Gasteiger partial charge in [0.25, 0.3) is 11.7 Å². The van der Waals surface area contributed by atoms with Crippen molar-refractivity contribution in [2.24, 2.45) is 0 Å². The van der Waals surface area contributed by atoms with E-state index in [-0.39, 0.29) is 16.9 Å². The van der Waals surface area contributed by atoms with Gasteiger partial charge in [-0.3, -0.25) is 14.5 Å². The van der Waals surface area contributed by atoms with Crippen LogP contribution in [0.2, 0.25) is 10.0 Å². The molecule has 3 aromatic carbocycles. The number of halogens is 2. The summed E-state index contributed by atoms with van der Waals surface area (Å²) in [4.78, 5) is 27.9. The molecule has 7 heteroatoms. The Morgan fingerprint density at radius 3 is 2.41 bits per heavy atom. The molecular weight excluding hydrogens is 449 g/mol. The van der Waals surface area contributed by atoms with Crippen LogP contribution in [-0.2, 0) is 9.59 Å². The highest BCUT2D eigenvalue weighted by atomic mass is 35.5. The first-order valence-electron chi connectivity index (χ1n) is 9.80. The molecule has 162 valence electrons. The summed E-state index contributed by atoms with van der Waals surface area (Å²) in [6.45, 7) is 1.78. The second kappa shape index (κ2) is 8.69. The third-order valence-electron chi connectivity index (χ3n) is 5.48. The Bertz CT molecular complexity index is 1250. The van der Waals surface area contributed by atoms with Gasteiger partial charge in [0.15, 0.2) is 0 Å². The number of rotatable bonds is 4. The number of ketones is 1. The molecule has 1 amide bonds. The molecule has 1 heterocycles. The molecule has 0 radical (unpaired) electrons. The van der Waals surface area contributed by atoms with Crippen LogP contribution < -0.4 is 9.64 Å². The van der Waals surface area contributed by atoms with Gasteiger partial charge in [-0.25, -0.2) is 0 Å². The van der Waals surface area contributed by atoms with Gasteiger partial charge in [-0.1, -0.05) is 59.6 Å². The highest BCUT2D eigenvalue weighted by Gasteiger charge is 2.47. The fraction of sp³-hybridized carbons (Fsp3) is 0.120. The Labute approximate surface area is 195 Å². The van der Waals surface area contributed by atoms with E-state index >= 15 is 0 Å². The zero-order valence-corrected chi connectivity index (χ0v) is 18.8. The molecular formula is C25H19Cl2NO4. The van der Waals surface area contributed by atoms with E-state index in [0.29, 0.717) is 32.6 Å². The number of carbonyl (C=O) groups excluding carboxylic acids is 2. The van der Waals surface area contributed by atoms with E-state index in [9.17, 15) is 14.7 Å². The SMILES string of the molecule is COc1ccc(Cl)cc1/C(O)=C1\C(=O)C(=O)N(c2cccc(Cl)c2C)C1c1ccccc1. The molecule has 0 bridgehead atoms. The van der Waals surface area contributed by atoms with E-state index in [1.54, 1.807) is 61.5 Å². The predicted octanol–water partition coefficient (Wildman–Crippen LogP) is 5.94. The first-order chi connectivity index (χ1) is 15.3. The summed E-state index contributed by atoms with van der Waals surface area (Å²) in [5.74, 6) is -1.60. The Balaban J connectivity index is 2.01. The number of ether oxygens (including phenoxy) is 1. The molecule has 4 rings (SSSR count). The molecule has 5 nitrogen and oxygen atoms in total. The largest absolute Gasteiger partial charge is 0.507 e. The summed E-state index contributed by atoms with van der Waals surface area (Å²) >= 11 is 12.4. The van der Waals surface area contributed by atoms with Crippen LogP contribution >= 0.6 is 23.2 Å². The minimum atomic E-state index is -0.864. The molecule has 1 saturated heterocycles. The minimum Gasteiger partial charge on any atom is -0.507 e. The molecule has 1 aliphatic heterocycles. The van der Waals surface area contributed by atoms with E-state index in [1.807, 2.05) is 6.07 Å². The van der Waals surface area contributed by atoms with Crippen molar-refractivity contribution >= 4 is 46.3 Å². The number of nitrogens with zero attached hydrogens (tertiary/aromatic N) is 1. The Morgan fingerprint density at radius 1 is 1.00 bits per heavy atom. The molecule has 0 spiro atoms. The van der Waals surface area contributed by atoms with Crippen LogP contribution in [0.25, 0.3) is 5.76 Å².